The van der Waals surface area contributed by atoms with Crippen molar-refractivity contribution >= 4 is 35.0 Å². The molecule has 226 valence electrons. The number of hydrogen-bond acceptors (Lipinski definition) is 8. The second-order valence-corrected chi connectivity index (χ2v) is 12.8. The van der Waals surface area contributed by atoms with Crippen LogP contribution in [0.1, 0.15) is 93.3 Å². The summed E-state index contributed by atoms with van der Waals surface area (Å²) in [5.74, 6) is -0.968. The van der Waals surface area contributed by atoms with Crippen LogP contribution in [0.2, 0.25) is 0 Å². The molecule has 1 fully saturated rings. The van der Waals surface area contributed by atoms with Crippen LogP contribution >= 0.6 is 11.3 Å². The lowest BCUT2D eigenvalue weighted by atomic mass is 9.92. The van der Waals surface area contributed by atoms with Crippen LogP contribution in [-0.2, 0) is 14.3 Å². The number of rotatable bonds is 8. The molecule has 3 amide bonds. The molecule has 1 aromatic heterocycles. The third kappa shape index (κ3) is 7.36. The molecule has 1 aromatic carbocycles. The molecule has 42 heavy (non-hydrogen) atoms. The molecule has 2 heterocycles. The van der Waals surface area contributed by atoms with E-state index in [2.05, 4.69) is 10.3 Å². The van der Waals surface area contributed by atoms with E-state index in [0.29, 0.717) is 30.0 Å². The lowest BCUT2D eigenvalue weighted by Gasteiger charge is -2.33. The van der Waals surface area contributed by atoms with Gasteiger partial charge in [0.1, 0.15) is 34.1 Å². The van der Waals surface area contributed by atoms with Crippen LogP contribution in [0.15, 0.2) is 41.3 Å². The molecule has 1 saturated heterocycles. The molecule has 0 unspecified atom stereocenters. The number of allylic oxidation sites excluding steroid dienone is 1. The van der Waals surface area contributed by atoms with Gasteiger partial charge < -0.3 is 20.1 Å². The normalized spacial score (nSPS) is 18.5. The first-order valence-electron chi connectivity index (χ1n) is 14.4. The first-order chi connectivity index (χ1) is 19.9. The quantitative estimate of drug-likeness (QED) is 0.325. The van der Waals surface area contributed by atoms with Gasteiger partial charge in [0.2, 0.25) is 17.6 Å². The molecule has 1 aliphatic heterocycles. The number of ether oxygens (including phenoxy) is 1. The number of hydrogen-bond donors (Lipinski definition) is 2. The Morgan fingerprint density at radius 3 is 2.62 bits per heavy atom. The van der Waals surface area contributed by atoms with Crippen molar-refractivity contribution in [2.24, 2.45) is 0 Å². The van der Waals surface area contributed by atoms with E-state index in [-0.39, 0.29) is 29.2 Å². The predicted octanol–water partition coefficient (Wildman–Crippen LogP) is 4.98. The maximum atomic E-state index is 14.1. The summed E-state index contributed by atoms with van der Waals surface area (Å²) in [5.41, 5.74) is 0.764. The predicted molar refractivity (Wildman–Crippen MR) is 159 cm³/mol. The number of carbonyl (C=O) groups excluding carboxylic acids is 4. The summed E-state index contributed by atoms with van der Waals surface area (Å²) in [7, 11) is 1.50. The third-order valence-electron chi connectivity index (χ3n) is 7.56. The summed E-state index contributed by atoms with van der Waals surface area (Å²) in [6.07, 6.45) is 6.36. The minimum Gasteiger partial charge on any atom is -0.508 e. The van der Waals surface area contributed by atoms with Crippen LogP contribution in [0.5, 0.6) is 5.75 Å². The number of aromatic nitrogens is 1. The molecule has 0 radical (unpaired) electrons. The fourth-order valence-corrected chi connectivity index (χ4v) is 6.11. The fourth-order valence-electron chi connectivity index (χ4n) is 5.16. The van der Waals surface area contributed by atoms with E-state index in [1.165, 1.54) is 35.4 Å². The zero-order valence-electron chi connectivity index (χ0n) is 24.9. The molecule has 0 bridgehead atoms. The molecule has 2 aromatic rings. The Bertz CT molecular complexity index is 1360. The molecular weight excluding hydrogens is 556 g/mol. The van der Waals surface area contributed by atoms with Gasteiger partial charge >= 0.3 is 6.09 Å². The van der Waals surface area contributed by atoms with Crippen molar-refractivity contribution in [3.63, 3.8) is 0 Å². The van der Waals surface area contributed by atoms with Crippen molar-refractivity contribution in [2.45, 2.75) is 89.9 Å². The number of thiazole rings is 1. The summed E-state index contributed by atoms with van der Waals surface area (Å²) in [5, 5.41) is 15.0. The fraction of sp³-hybridized carbons (Fsp3) is 0.516. The Balaban J connectivity index is 1.53. The largest absolute Gasteiger partial charge is 0.508 e. The van der Waals surface area contributed by atoms with E-state index in [4.69, 9.17) is 4.74 Å². The number of ketones is 1. The number of likely N-dealkylation sites (tertiary alicyclic amines) is 1. The number of nitrogens with one attached hydrogen (secondary N) is 1. The lowest BCUT2D eigenvalue weighted by molar-refractivity contribution is -0.137. The highest BCUT2D eigenvalue weighted by Gasteiger charge is 2.39. The molecule has 0 saturated carbocycles. The lowest BCUT2D eigenvalue weighted by Crippen LogP contribution is -2.55. The van der Waals surface area contributed by atoms with Crippen LogP contribution in [0.25, 0.3) is 0 Å². The van der Waals surface area contributed by atoms with Crippen molar-refractivity contribution in [3.05, 3.63) is 57.6 Å². The average Bonchev–Trinajstić information content (AvgIpc) is 3.64. The highest BCUT2D eigenvalue weighted by molar-refractivity contribution is 7.10. The van der Waals surface area contributed by atoms with Crippen molar-refractivity contribution in [2.75, 3.05) is 13.6 Å². The highest BCUT2D eigenvalue weighted by atomic mass is 32.1. The van der Waals surface area contributed by atoms with E-state index in [1.807, 2.05) is 6.08 Å². The Kier molecular flexibility index (Phi) is 9.71. The first kappa shape index (κ1) is 31.2. The van der Waals surface area contributed by atoms with Crippen LogP contribution < -0.4 is 5.32 Å². The molecule has 4 rings (SSSR count). The zero-order valence-corrected chi connectivity index (χ0v) is 25.7. The summed E-state index contributed by atoms with van der Waals surface area (Å²) in [6, 6.07) is 4.09. The van der Waals surface area contributed by atoms with E-state index in [1.54, 1.807) is 50.1 Å². The number of nitrogens with zero attached hydrogens (tertiary/aromatic N) is 3. The maximum absolute atomic E-state index is 14.1. The Morgan fingerprint density at radius 1 is 1.19 bits per heavy atom. The third-order valence-corrected chi connectivity index (χ3v) is 8.50. The molecule has 3 atom stereocenters. The Morgan fingerprint density at radius 2 is 1.95 bits per heavy atom. The van der Waals surface area contributed by atoms with Gasteiger partial charge in [-0.05, 0) is 83.9 Å². The van der Waals surface area contributed by atoms with E-state index in [9.17, 15) is 24.3 Å². The highest BCUT2D eigenvalue weighted by Crippen LogP contribution is 2.36. The van der Waals surface area contributed by atoms with Gasteiger partial charge in [-0.3, -0.25) is 19.3 Å². The van der Waals surface area contributed by atoms with Crippen molar-refractivity contribution in [3.8, 4) is 5.75 Å². The van der Waals surface area contributed by atoms with E-state index < -0.39 is 29.7 Å². The molecule has 2 N–H and O–H groups in total. The van der Waals surface area contributed by atoms with Crippen LogP contribution in [0.4, 0.5) is 4.79 Å². The number of aromatic hydroxyl groups is 1. The summed E-state index contributed by atoms with van der Waals surface area (Å²) < 4.78 is 5.41. The van der Waals surface area contributed by atoms with Gasteiger partial charge in [0.25, 0.3) is 0 Å². The van der Waals surface area contributed by atoms with Crippen LogP contribution in [0, 0.1) is 0 Å². The van der Waals surface area contributed by atoms with Gasteiger partial charge in [-0.15, -0.1) is 11.3 Å². The standard InChI is InChI=1S/C31H40N4O6S/c1-19(34(5)30(40)41-31(2,3)4)27(38)33-25(20-11-7-6-8-12-20)29(39)35-16-10-15-24(35)28-32-23(18-42-28)26(37)21-13-9-14-22(36)17-21/h9,11,13-14,17-19,24-25,36H,6-8,10,12,15-16H2,1-5H3,(H,33,38)/t19-,24-,25-/m0/s1. The number of benzene rings is 1. The topological polar surface area (TPSA) is 129 Å². The van der Waals surface area contributed by atoms with Crippen molar-refractivity contribution < 1.29 is 29.0 Å². The smallest absolute Gasteiger partial charge is 0.410 e. The van der Waals surface area contributed by atoms with E-state index in [0.717, 1.165) is 31.3 Å². The van der Waals surface area contributed by atoms with Crippen LogP contribution in [-0.4, -0.2) is 74.9 Å². The second-order valence-electron chi connectivity index (χ2n) is 11.9. The molecule has 11 heteroatoms. The average molecular weight is 597 g/mol. The van der Waals surface area contributed by atoms with Gasteiger partial charge in [0.05, 0.1) is 6.04 Å². The maximum Gasteiger partial charge on any atom is 0.410 e. The van der Waals surface area contributed by atoms with Gasteiger partial charge in [0.15, 0.2) is 0 Å². The number of amides is 3. The van der Waals surface area contributed by atoms with Gasteiger partial charge in [-0.1, -0.05) is 18.2 Å². The van der Waals surface area contributed by atoms with Gasteiger partial charge in [-0.25, -0.2) is 9.78 Å². The summed E-state index contributed by atoms with van der Waals surface area (Å²) >= 11 is 1.32. The Labute approximate surface area is 250 Å². The van der Waals surface area contributed by atoms with Crippen molar-refractivity contribution in [1.29, 1.82) is 0 Å². The SMILES string of the molecule is C[C@@H](C(=O)N[C@H](C(=O)N1CCC[C@H]1c1nc(C(=O)c2cccc(O)c2)cs1)C1=CCCCC1)N(C)C(=O)OC(C)(C)C. The molecule has 10 nitrogen and oxygen atoms in total. The first-order valence-corrected chi connectivity index (χ1v) is 15.3. The van der Waals surface area contributed by atoms with Crippen molar-refractivity contribution in [1.82, 2.24) is 20.1 Å². The number of likely N-dealkylation sites (N-methyl/N-ethyl adjacent to an activating group) is 1. The number of phenols is 1. The molecule has 2 aliphatic rings. The number of carbonyl (C=O) groups is 4. The zero-order chi connectivity index (χ0) is 30.6. The Hall–Kier alpha value is -3.73. The van der Waals surface area contributed by atoms with E-state index >= 15 is 0 Å². The molecule has 0 spiro atoms. The monoisotopic (exact) mass is 596 g/mol. The van der Waals surface area contributed by atoms with Crippen LogP contribution in [0.3, 0.4) is 0 Å². The minimum absolute atomic E-state index is 0.000538. The minimum atomic E-state index is -0.862. The number of phenolic OH excluding ortho intramolecular Hbond substituents is 1. The summed E-state index contributed by atoms with van der Waals surface area (Å²) in [4.78, 5) is 60.7. The second kappa shape index (κ2) is 13.1. The molecule has 1 aliphatic carbocycles. The van der Waals surface area contributed by atoms with Gasteiger partial charge in [0, 0.05) is 24.5 Å². The summed E-state index contributed by atoms with van der Waals surface area (Å²) in [6.45, 7) is 7.39. The van der Waals surface area contributed by atoms with Gasteiger partial charge in [-0.2, -0.15) is 0 Å². The molecular formula is C31H40N4O6S.